The molecule has 0 saturated heterocycles. The molecule has 0 saturated carbocycles. The molecule has 0 aliphatic carbocycles. The average Bonchev–Trinajstić information content (AvgIpc) is 2.40. The Morgan fingerprint density at radius 3 is 2.67 bits per heavy atom. The first-order chi connectivity index (χ1) is 9.90. The van der Waals surface area contributed by atoms with E-state index in [0.717, 1.165) is 0 Å². The van der Waals surface area contributed by atoms with E-state index >= 15 is 0 Å². The molecule has 0 atom stereocenters. The maximum absolute atomic E-state index is 11.2. The Hall–Kier alpha value is -2.60. The molecular weight excluding hydrogens is 298 g/mol. The van der Waals surface area contributed by atoms with Crippen LogP contribution in [0.5, 0.6) is 11.5 Å². The minimum Gasteiger partial charge on any atom is -0.478 e. The first kappa shape index (κ1) is 14.8. The van der Waals surface area contributed by atoms with E-state index in [2.05, 4.69) is 0 Å². The number of nitro benzene ring substituents is 1. The van der Waals surface area contributed by atoms with E-state index in [-0.39, 0.29) is 27.8 Å². The molecule has 0 unspecified atom stereocenters. The first-order valence-electron chi connectivity index (χ1n) is 5.85. The highest BCUT2D eigenvalue weighted by Crippen LogP contribution is 2.36. The SMILES string of the molecule is Cc1cccc(C(=O)O)c1Oc1cc(Cl)ccc1[N+](=O)[O-]. The van der Waals surface area contributed by atoms with Crippen molar-refractivity contribution in [3.05, 3.63) is 62.7 Å². The van der Waals surface area contributed by atoms with Gasteiger partial charge in [0.1, 0.15) is 11.3 Å². The number of rotatable bonds is 4. The Balaban J connectivity index is 2.55. The third-order valence-electron chi connectivity index (χ3n) is 2.77. The summed E-state index contributed by atoms with van der Waals surface area (Å²) in [7, 11) is 0. The van der Waals surface area contributed by atoms with Crippen LogP contribution < -0.4 is 4.74 Å². The molecule has 0 amide bonds. The number of benzene rings is 2. The van der Waals surface area contributed by atoms with E-state index in [9.17, 15) is 14.9 Å². The number of halogens is 1. The molecule has 1 N–H and O–H groups in total. The van der Waals surface area contributed by atoms with Crippen molar-refractivity contribution < 1.29 is 19.6 Å². The van der Waals surface area contributed by atoms with Crippen molar-refractivity contribution in [2.75, 3.05) is 0 Å². The number of para-hydroxylation sites is 1. The van der Waals surface area contributed by atoms with Crippen molar-refractivity contribution in [2.24, 2.45) is 0 Å². The Morgan fingerprint density at radius 2 is 2.05 bits per heavy atom. The van der Waals surface area contributed by atoms with Crippen molar-refractivity contribution in [1.29, 1.82) is 0 Å². The van der Waals surface area contributed by atoms with Crippen LogP contribution in [0.1, 0.15) is 15.9 Å². The molecule has 2 rings (SSSR count). The number of carboxylic acids is 1. The summed E-state index contributed by atoms with van der Waals surface area (Å²) in [5, 5.41) is 20.4. The van der Waals surface area contributed by atoms with Gasteiger partial charge in [-0.3, -0.25) is 10.1 Å². The van der Waals surface area contributed by atoms with E-state index in [1.165, 1.54) is 24.3 Å². The molecule has 108 valence electrons. The molecule has 6 nitrogen and oxygen atoms in total. The summed E-state index contributed by atoms with van der Waals surface area (Å²) in [6, 6.07) is 8.42. The molecule has 0 radical (unpaired) electrons. The smallest absolute Gasteiger partial charge is 0.339 e. The summed E-state index contributed by atoms with van der Waals surface area (Å²) < 4.78 is 5.47. The summed E-state index contributed by atoms with van der Waals surface area (Å²) in [4.78, 5) is 21.6. The molecule has 0 bridgehead atoms. The monoisotopic (exact) mass is 307 g/mol. The maximum atomic E-state index is 11.2. The lowest BCUT2D eigenvalue weighted by atomic mass is 10.1. The molecule has 0 fully saturated rings. The average molecular weight is 308 g/mol. The van der Waals surface area contributed by atoms with Crippen LogP contribution in [0.15, 0.2) is 36.4 Å². The molecular formula is C14H10ClNO5. The van der Waals surface area contributed by atoms with E-state index in [1.54, 1.807) is 19.1 Å². The molecule has 0 aromatic heterocycles. The number of hydrogen-bond acceptors (Lipinski definition) is 4. The van der Waals surface area contributed by atoms with E-state index in [1.807, 2.05) is 0 Å². The van der Waals surface area contributed by atoms with Crippen LogP contribution in [0.25, 0.3) is 0 Å². The molecule has 0 aliphatic heterocycles. The van der Waals surface area contributed by atoms with Gasteiger partial charge in [0.05, 0.1) is 4.92 Å². The number of aromatic carboxylic acids is 1. The second-order valence-electron chi connectivity index (χ2n) is 4.23. The Bertz CT molecular complexity index is 729. The van der Waals surface area contributed by atoms with Gasteiger partial charge in [-0.15, -0.1) is 0 Å². The van der Waals surface area contributed by atoms with Gasteiger partial charge in [0.25, 0.3) is 0 Å². The highest BCUT2D eigenvalue weighted by atomic mass is 35.5. The summed E-state index contributed by atoms with van der Waals surface area (Å²) in [5.41, 5.74) is 0.174. The minimum atomic E-state index is -1.18. The lowest BCUT2D eigenvalue weighted by molar-refractivity contribution is -0.385. The van der Waals surface area contributed by atoms with E-state index < -0.39 is 10.9 Å². The van der Waals surface area contributed by atoms with E-state index in [0.29, 0.717) is 5.56 Å². The van der Waals surface area contributed by atoms with Crippen molar-refractivity contribution in [3.8, 4) is 11.5 Å². The van der Waals surface area contributed by atoms with Gasteiger partial charge in [-0.25, -0.2) is 4.79 Å². The van der Waals surface area contributed by atoms with Crippen molar-refractivity contribution in [1.82, 2.24) is 0 Å². The van der Waals surface area contributed by atoms with Crippen LogP contribution in [0.4, 0.5) is 5.69 Å². The molecule has 0 heterocycles. The third kappa shape index (κ3) is 3.11. The minimum absolute atomic E-state index is 0.0513. The number of nitro groups is 1. The Labute approximate surface area is 124 Å². The highest BCUT2D eigenvalue weighted by molar-refractivity contribution is 6.30. The van der Waals surface area contributed by atoms with Gasteiger partial charge < -0.3 is 9.84 Å². The number of ether oxygens (including phenoxy) is 1. The van der Waals surface area contributed by atoms with Gasteiger partial charge in [-0.1, -0.05) is 23.7 Å². The Morgan fingerprint density at radius 1 is 1.33 bits per heavy atom. The molecule has 21 heavy (non-hydrogen) atoms. The van der Waals surface area contributed by atoms with Crippen LogP contribution in [0, 0.1) is 17.0 Å². The number of carboxylic acid groups (broad SMARTS) is 1. The van der Waals surface area contributed by atoms with Crippen LogP contribution in [0.2, 0.25) is 5.02 Å². The second kappa shape index (κ2) is 5.80. The largest absolute Gasteiger partial charge is 0.478 e. The van der Waals surface area contributed by atoms with Crippen LogP contribution in [-0.2, 0) is 0 Å². The van der Waals surface area contributed by atoms with Gasteiger partial charge in [0, 0.05) is 17.2 Å². The molecule has 0 aliphatic rings. The number of aryl methyl sites for hydroxylation is 1. The zero-order chi connectivity index (χ0) is 15.6. The molecule has 0 spiro atoms. The predicted octanol–water partition coefficient (Wildman–Crippen LogP) is 4.05. The summed E-state index contributed by atoms with van der Waals surface area (Å²) >= 11 is 5.81. The van der Waals surface area contributed by atoms with Gasteiger partial charge in [0.2, 0.25) is 5.75 Å². The normalized spacial score (nSPS) is 10.2. The fraction of sp³-hybridized carbons (Fsp3) is 0.0714. The van der Waals surface area contributed by atoms with Gasteiger partial charge in [-0.05, 0) is 24.6 Å². The summed E-state index contributed by atoms with van der Waals surface area (Å²) in [6.07, 6.45) is 0. The zero-order valence-electron chi connectivity index (χ0n) is 10.9. The van der Waals surface area contributed by atoms with E-state index in [4.69, 9.17) is 21.4 Å². The lowest BCUT2D eigenvalue weighted by Crippen LogP contribution is -2.02. The van der Waals surface area contributed by atoms with Gasteiger partial charge in [-0.2, -0.15) is 0 Å². The van der Waals surface area contributed by atoms with Crippen LogP contribution in [0.3, 0.4) is 0 Å². The highest BCUT2D eigenvalue weighted by Gasteiger charge is 2.20. The molecule has 7 heteroatoms. The standard InChI is InChI=1S/C14H10ClNO5/c1-8-3-2-4-10(14(17)18)13(8)21-12-7-9(15)5-6-11(12)16(19)20/h2-7H,1H3,(H,17,18). The number of carbonyl (C=O) groups is 1. The third-order valence-corrected chi connectivity index (χ3v) is 3.01. The van der Waals surface area contributed by atoms with Gasteiger partial charge in [0.15, 0.2) is 0 Å². The molecule has 2 aromatic rings. The predicted molar refractivity (Wildman–Crippen MR) is 76.3 cm³/mol. The zero-order valence-corrected chi connectivity index (χ0v) is 11.6. The van der Waals surface area contributed by atoms with Crippen molar-refractivity contribution in [2.45, 2.75) is 6.92 Å². The van der Waals surface area contributed by atoms with Crippen molar-refractivity contribution in [3.63, 3.8) is 0 Å². The van der Waals surface area contributed by atoms with Crippen molar-refractivity contribution >= 4 is 23.3 Å². The Kier molecular flexibility index (Phi) is 4.09. The van der Waals surface area contributed by atoms with Gasteiger partial charge >= 0.3 is 11.7 Å². The topological polar surface area (TPSA) is 89.7 Å². The maximum Gasteiger partial charge on any atom is 0.339 e. The number of hydrogen-bond donors (Lipinski definition) is 1. The first-order valence-corrected chi connectivity index (χ1v) is 6.22. The number of nitrogens with zero attached hydrogens (tertiary/aromatic N) is 1. The fourth-order valence-electron chi connectivity index (χ4n) is 1.79. The quantitative estimate of drug-likeness (QED) is 0.680. The fourth-order valence-corrected chi connectivity index (χ4v) is 1.95. The second-order valence-corrected chi connectivity index (χ2v) is 4.66. The summed E-state index contributed by atoms with van der Waals surface area (Å²) in [6.45, 7) is 1.65. The lowest BCUT2D eigenvalue weighted by Gasteiger charge is -2.11. The van der Waals surface area contributed by atoms with Crippen LogP contribution >= 0.6 is 11.6 Å². The summed E-state index contributed by atoms with van der Waals surface area (Å²) in [5.74, 6) is -1.24. The van der Waals surface area contributed by atoms with Crippen LogP contribution in [-0.4, -0.2) is 16.0 Å². The molecule has 2 aromatic carbocycles.